The van der Waals surface area contributed by atoms with E-state index in [1.807, 2.05) is 24.3 Å². The van der Waals surface area contributed by atoms with Crippen LogP contribution in [-0.2, 0) is 61.8 Å². The summed E-state index contributed by atoms with van der Waals surface area (Å²) < 4.78 is 66.4. The maximum absolute atomic E-state index is 14.7. The summed E-state index contributed by atoms with van der Waals surface area (Å²) in [5, 5.41) is -0.659. The van der Waals surface area contributed by atoms with Crippen LogP contribution < -0.4 is 9.44 Å². The van der Waals surface area contributed by atoms with E-state index in [2.05, 4.69) is 16.0 Å². The minimum Gasteiger partial charge on any atom is -0.444 e. The molecule has 2 aliphatic carbocycles. The Morgan fingerprint density at radius 2 is 1.82 bits per heavy atom. The summed E-state index contributed by atoms with van der Waals surface area (Å²) in [5.74, 6) is -4.02. The Bertz CT molecular complexity index is 2020. The number of ether oxygens (including phenoxy) is 2. The molecule has 0 spiro atoms. The lowest BCUT2D eigenvalue weighted by Crippen LogP contribution is -2.50. The molecule has 3 amide bonds. The largest absolute Gasteiger partial charge is 0.444 e. The van der Waals surface area contributed by atoms with Gasteiger partial charge in [0.1, 0.15) is 12.1 Å². The highest BCUT2D eigenvalue weighted by molar-refractivity contribution is 7.91. The molecule has 5 aliphatic rings. The number of carbonyl (C=O) groups is 5. The molecule has 17 heteroatoms. The second-order valence-electron chi connectivity index (χ2n) is 16.6. The number of nitrogens with one attached hydrogen (secondary N) is 2. The van der Waals surface area contributed by atoms with Crippen molar-refractivity contribution in [1.29, 1.82) is 0 Å². The monoisotopic (exact) mass is 802 g/mol. The second-order valence-corrected chi connectivity index (χ2v) is 20.3. The SMILES string of the molecule is C=C[C@@H]1C[C@]1(CC(=O)[C@@H]1C[C@@H]2CN1C(=O)[C@H](C(C)(C)C)CC(=O)[C@@H](NS(C)(=O)=O)COC/C=C/c1cccc3c1CN(C3)C(=O)O2)C(=O)NS(=O)(=O)C1CC1. The number of benzene rings is 1. The fourth-order valence-electron chi connectivity index (χ4n) is 7.88. The molecule has 0 unspecified atom stereocenters. The fourth-order valence-corrected chi connectivity index (χ4v) is 9.98. The summed E-state index contributed by atoms with van der Waals surface area (Å²) in [6.07, 6.45) is 4.64. The van der Waals surface area contributed by atoms with E-state index in [9.17, 15) is 40.8 Å². The van der Waals surface area contributed by atoms with Gasteiger partial charge in [-0.3, -0.25) is 28.8 Å². The molecular weight excluding hydrogens is 753 g/mol. The lowest BCUT2D eigenvalue weighted by atomic mass is 9.76. The van der Waals surface area contributed by atoms with Crippen LogP contribution in [0.3, 0.4) is 0 Å². The third-order valence-corrected chi connectivity index (χ3v) is 13.8. The van der Waals surface area contributed by atoms with Gasteiger partial charge in [0.2, 0.25) is 31.9 Å². The average molecular weight is 803 g/mol. The lowest BCUT2D eigenvalue weighted by Gasteiger charge is -2.35. The number of Topliss-reactive ketones (excluding diaryl/α,β-unsaturated/α-hetero) is 2. The number of nitrogens with zero attached hydrogens (tertiary/aromatic N) is 2. The maximum atomic E-state index is 14.7. The first kappa shape index (κ1) is 40.7. The predicted molar refractivity (Wildman–Crippen MR) is 201 cm³/mol. The van der Waals surface area contributed by atoms with Gasteiger partial charge in [0.25, 0.3) is 0 Å². The number of hydrogen-bond donors (Lipinski definition) is 2. The highest BCUT2D eigenvalue weighted by Crippen LogP contribution is 2.57. The summed E-state index contributed by atoms with van der Waals surface area (Å²) in [7, 11) is -7.79. The maximum Gasteiger partial charge on any atom is 0.410 e. The van der Waals surface area contributed by atoms with Crippen molar-refractivity contribution >= 4 is 55.6 Å². The fraction of sp³-hybridized carbons (Fsp3) is 0.605. The molecule has 0 aromatic heterocycles. The number of carbonyl (C=O) groups excluding carboxylic acids is 5. The second kappa shape index (κ2) is 15.2. The molecule has 1 saturated heterocycles. The number of rotatable bonds is 9. The molecule has 1 aromatic carbocycles. The molecule has 3 heterocycles. The molecular formula is C38H50N4O11S2. The zero-order chi connectivity index (χ0) is 40.1. The van der Waals surface area contributed by atoms with Crippen molar-refractivity contribution in [2.24, 2.45) is 22.7 Å². The van der Waals surface area contributed by atoms with E-state index in [-0.39, 0.29) is 52.1 Å². The van der Waals surface area contributed by atoms with Crippen molar-refractivity contribution in [3.63, 3.8) is 0 Å². The van der Waals surface area contributed by atoms with Crippen LogP contribution in [0.15, 0.2) is 36.9 Å². The molecule has 6 atom stereocenters. The molecule has 300 valence electrons. The van der Waals surface area contributed by atoms with E-state index in [1.54, 1.807) is 26.8 Å². The molecule has 55 heavy (non-hydrogen) atoms. The molecule has 3 aliphatic heterocycles. The molecule has 2 N–H and O–H groups in total. The quantitative estimate of drug-likeness (QED) is 0.348. The average Bonchev–Trinajstić information content (AvgIpc) is 3.98. The van der Waals surface area contributed by atoms with Gasteiger partial charge in [-0.2, -0.15) is 0 Å². The van der Waals surface area contributed by atoms with E-state index in [4.69, 9.17) is 9.47 Å². The highest BCUT2D eigenvalue weighted by atomic mass is 32.2. The first-order valence-electron chi connectivity index (χ1n) is 18.5. The van der Waals surface area contributed by atoms with Crippen molar-refractivity contribution in [1.82, 2.24) is 19.2 Å². The van der Waals surface area contributed by atoms with Crippen molar-refractivity contribution in [3.05, 3.63) is 53.6 Å². The van der Waals surface area contributed by atoms with Gasteiger partial charge in [0, 0.05) is 31.7 Å². The molecule has 4 bridgehead atoms. The third-order valence-electron chi connectivity index (χ3n) is 11.3. The molecule has 0 radical (unpaired) electrons. The number of ketones is 2. The lowest BCUT2D eigenvalue weighted by molar-refractivity contribution is -0.146. The van der Waals surface area contributed by atoms with E-state index < -0.39 is 102 Å². The van der Waals surface area contributed by atoms with Crippen molar-refractivity contribution in [2.45, 2.75) is 95.8 Å². The number of fused-ring (bicyclic) bond motifs is 3. The number of hydrogen-bond acceptors (Lipinski definition) is 11. The van der Waals surface area contributed by atoms with Gasteiger partial charge >= 0.3 is 6.09 Å². The van der Waals surface area contributed by atoms with E-state index in [0.717, 1.165) is 22.9 Å². The molecule has 6 rings (SSSR count). The smallest absolute Gasteiger partial charge is 0.410 e. The number of sulfonamides is 2. The summed E-state index contributed by atoms with van der Waals surface area (Å²) in [6, 6.07) is 3.17. The van der Waals surface area contributed by atoms with Crippen LogP contribution in [0.5, 0.6) is 0 Å². The van der Waals surface area contributed by atoms with Gasteiger partial charge in [0.15, 0.2) is 11.6 Å². The minimum atomic E-state index is -3.91. The van der Waals surface area contributed by atoms with Crippen molar-refractivity contribution in [2.75, 3.05) is 26.0 Å². The van der Waals surface area contributed by atoms with Crippen LogP contribution in [0.2, 0.25) is 0 Å². The van der Waals surface area contributed by atoms with Gasteiger partial charge in [0.05, 0.1) is 49.3 Å². The van der Waals surface area contributed by atoms with Gasteiger partial charge in [-0.25, -0.2) is 26.4 Å². The minimum absolute atomic E-state index is 0.0459. The first-order chi connectivity index (χ1) is 25.7. The number of amides is 3. The topological polar surface area (TPSA) is 203 Å². The molecule has 3 fully saturated rings. The standard InChI is InChI=1S/C38H50N4O11S2/c1-6-25-17-38(25,35(46)40-55(50,51)27-12-13-27)18-33(44)31-15-26-20-42(31)34(45)29(37(2,3)4)16-32(43)30(39-54(5,48)49)22-52-14-8-11-23-9-7-10-24-19-41(21-28(23)24)36(47)53-26/h6-11,25-27,29-31,39H,1,12-22H2,2-5H3,(H,40,46)/b11-8+/t25-,26-,29-,30+,31+,38-/m1/s1. The Labute approximate surface area is 322 Å². The first-order valence-corrected chi connectivity index (χ1v) is 22.0. The van der Waals surface area contributed by atoms with Crippen LogP contribution in [0, 0.1) is 22.7 Å². The van der Waals surface area contributed by atoms with Gasteiger partial charge < -0.3 is 14.4 Å². The van der Waals surface area contributed by atoms with Crippen LogP contribution in [0.25, 0.3) is 6.08 Å². The van der Waals surface area contributed by atoms with Crippen molar-refractivity contribution in [3.8, 4) is 0 Å². The summed E-state index contributed by atoms with van der Waals surface area (Å²) in [5.41, 5.74) is 0.405. The normalized spacial score (nSPS) is 29.8. The highest BCUT2D eigenvalue weighted by Gasteiger charge is 2.61. The Morgan fingerprint density at radius 3 is 2.45 bits per heavy atom. The van der Waals surface area contributed by atoms with E-state index >= 15 is 0 Å². The number of allylic oxidation sites excluding steroid dienone is 1. The van der Waals surface area contributed by atoms with Crippen LogP contribution >= 0.6 is 0 Å². The van der Waals surface area contributed by atoms with Gasteiger partial charge in [-0.1, -0.05) is 57.2 Å². The Morgan fingerprint density at radius 1 is 1.09 bits per heavy atom. The summed E-state index contributed by atoms with van der Waals surface area (Å²) in [6.45, 7) is 9.12. The Balaban J connectivity index is 1.32. The zero-order valence-electron chi connectivity index (χ0n) is 31.6. The Hall–Kier alpha value is -3.93. The molecule has 2 saturated carbocycles. The summed E-state index contributed by atoms with van der Waals surface area (Å²) >= 11 is 0. The Kier molecular flexibility index (Phi) is 11.3. The molecule has 1 aromatic rings. The van der Waals surface area contributed by atoms with Gasteiger partial charge in [-0.05, 0) is 47.3 Å². The molecule has 15 nitrogen and oxygen atoms in total. The van der Waals surface area contributed by atoms with Crippen molar-refractivity contribution < 1.29 is 50.3 Å². The van der Waals surface area contributed by atoms with Crippen LogP contribution in [-0.4, -0.2) is 106 Å². The summed E-state index contributed by atoms with van der Waals surface area (Å²) in [4.78, 5) is 72.9. The predicted octanol–water partition coefficient (Wildman–Crippen LogP) is 2.45. The zero-order valence-corrected chi connectivity index (χ0v) is 33.2. The van der Waals surface area contributed by atoms with E-state index in [0.29, 0.717) is 12.8 Å². The van der Waals surface area contributed by atoms with E-state index in [1.165, 1.54) is 15.9 Å². The third kappa shape index (κ3) is 9.05. The van der Waals surface area contributed by atoms with Gasteiger partial charge in [-0.15, -0.1) is 6.58 Å². The van der Waals surface area contributed by atoms with Crippen LogP contribution in [0.1, 0.15) is 76.0 Å². The van der Waals surface area contributed by atoms with Crippen LogP contribution in [0.4, 0.5) is 4.79 Å².